The van der Waals surface area contributed by atoms with Crippen LogP contribution in [-0.2, 0) is 6.42 Å². The van der Waals surface area contributed by atoms with Gasteiger partial charge in [0.05, 0.1) is 5.25 Å². The highest BCUT2D eigenvalue weighted by Crippen LogP contribution is 2.38. The molecule has 1 aliphatic rings. The molecule has 1 aromatic rings. The zero-order valence-electron chi connectivity index (χ0n) is 7.20. The molecule has 1 fully saturated rings. The molecule has 13 heavy (non-hydrogen) atoms. The Kier molecular flexibility index (Phi) is 3.11. The first kappa shape index (κ1) is 9.34. The van der Waals surface area contributed by atoms with E-state index in [1.807, 2.05) is 11.8 Å². The largest absolute Gasteiger partial charge is 0.424 e. The summed E-state index contributed by atoms with van der Waals surface area (Å²) in [5, 5.41) is 8.38. The summed E-state index contributed by atoms with van der Waals surface area (Å²) in [4.78, 5) is 0. The second-order valence-corrected chi connectivity index (χ2v) is 4.66. The molecule has 1 atom stereocenters. The van der Waals surface area contributed by atoms with Crippen molar-refractivity contribution in [3.63, 3.8) is 0 Å². The summed E-state index contributed by atoms with van der Waals surface area (Å²) in [6.45, 7) is 0. The SMILES string of the molecule is ClCCc1nnc(C2CCCS2)o1. The van der Waals surface area contributed by atoms with Crippen LogP contribution in [0.15, 0.2) is 4.42 Å². The summed E-state index contributed by atoms with van der Waals surface area (Å²) in [5.74, 6) is 3.19. The van der Waals surface area contributed by atoms with Crippen LogP contribution in [-0.4, -0.2) is 21.8 Å². The van der Waals surface area contributed by atoms with Gasteiger partial charge in [-0.05, 0) is 18.6 Å². The van der Waals surface area contributed by atoms with Gasteiger partial charge in [-0.15, -0.1) is 33.6 Å². The Balaban J connectivity index is 2.03. The third-order valence-electron chi connectivity index (χ3n) is 2.00. The Bertz CT molecular complexity index is 273. The molecule has 0 saturated carbocycles. The molecule has 0 N–H and O–H groups in total. The van der Waals surface area contributed by atoms with Gasteiger partial charge in [-0.1, -0.05) is 0 Å². The minimum absolute atomic E-state index is 0.427. The van der Waals surface area contributed by atoms with E-state index in [0.717, 1.165) is 12.3 Å². The van der Waals surface area contributed by atoms with Gasteiger partial charge in [0.1, 0.15) is 0 Å². The minimum atomic E-state index is 0.427. The number of alkyl halides is 1. The fourth-order valence-electron chi connectivity index (χ4n) is 1.35. The van der Waals surface area contributed by atoms with Crippen LogP contribution in [0, 0.1) is 0 Å². The highest BCUT2D eigenvalue weighted by Gasteiger charge is 2.23. The summed E-state index contributed by atoms with van der Waals surface area (Å²) in [7, 11) is 0. The van der Waals surface area contributed by atoms with Crippen LogP contribution in [0.25, 0.3) is 0 Å². The number of halogens is 1. The number of thioether (sulfide) groups is 1. The van der Waals surface area contributed by atoms with Gasteiger partial charge in [0.25, 0.3) is 0 Å². The lowest BCUT2D eigenvalue weighted by atomic mass is 10.2. The van der Waals surface area contributed by atoms with Gasteiger partial charge in [-0.3, -0.25) is 0 Å². The average Bonchev–Trinajstić information content (AvgIpc) is 2.70. The van der Waals surface area contributed by atoms with Gasteiger partial charge in [0, 0.05) is 12.3 Å². The van der Waals surface area contributed by atoms with Crippen molar-refractivity contribution in [3.05, 3.63) is 11.8 Å². The number of hydrogen-bond acceptors (Lipinski definition) is 4. The summed E-state index contributed by atoms with van der Waals surface area (Å²) < 4.78 is 5.48. The summed E-state index contributed by atoms with van der Waals surface area (Å²) in [6, 6.07) is 0. The van der Waals surface area contributed by atoms with Crippen molar-refractivity contribution in [1.82, 2.24) is 10.2 Å². The summed E-state index contributed by atoms with van der Waals surface area (Å²) in [5.41, 5.74) is 0. The standard InChI is InChI=1S/C8H11ClN2OS/c9-4-3-7-10-11-8(12-7)6-2-1-5-13-6/h6H,1-5H2. The van der Waals surface area contributed by atoms with Crippen LogP contribution in [0.3, 0.4) is 0 Å². The van der Waals surface area contributed by atoms with Crippen molar-refractivity contribution < 1.29 is 4.42 Å². The van der Waals surface area contributed by atoms with Crippen molar-refractivity contribution in [2.75, 3.05) is 11.6 Å². The molecule has 2 rings (SSSR count). The van der Waals surface area contributed by atoms with Crippen LogP contribution in [0.1, 0.15) is 29.9 Å². The van der Waals surface area contributed by atoms with E-state index in [1.165, 1.54) is 12.2 Å². The van der Waals surface area contributed by atoms with Gasteiger partial charge in [-0.25, -0.2) is 0 Å². The van der Waals surface area contributed by atoms with Gasteiger partial charge >= 0.3 is 0 Å². The van der Waals surface area contributed by atoms with Gasteiger partial charge in [0.2, 0.25) is 11.8 Å². The van der Waals surface area contributed by atoms with Crippen molar-refractivity contribution in [2.45, 2.75) is 24.5 Å². The van der Waals surface area contributed by atoms with E-state index in [0.29, 0.717) is 23.4 Å². The molecule has 1 unspecified atom stereocenters. The first-order chi connectivity index (χ1) is 6.40. The Morgan fingerprint density at radius 2 is 2.46 bits per heavy atom. The molecule has 0 aromatic carbocycles. The Morgan fingerprint density at radius 3 is 3.15 bits per heavy atom. The lowest BCUT2D eigenvalue weighted by Crippen LogP contribution is -1.87. The van der Waals surface area contributed by atoms with Crippen LogP contribution in [0.5, 0.6) is 0 Å². The van der Waals surface area contributed by atoms with E-state index < -0.39 is 0 Å². The van der Waals surface area contributed by atoms with Crippen molar-refractivity contribution in [2.24, 2.45) is 0 Å². The Labute approximate surface area is 86.2 Å². The van der Waals surface area contributed by atoms with E-state index in [4.69, 9.17) is 16.0 Å². The molecule has 5 heteroatoms. The molecule has 72 valence electrons. The lowest BCUT2D eigenvalue weighted by molar-refractivity contribution is 0.448. The van der Waals surface area contributed by atoms with Gasteiger partial charge in [0.15, 0.2) is 0 Å². The minimum Gasteiger partial charge on any atom is -0.424 e. The smallest absolute Gasteiger partial charge is 0.229 e. The van der Waals surface area contributed by atoms with E-state index in [1.54, 1.807) is 0 Å². The first-order valence-electron chi connectivity index (χ1n) is 4.40. The Morgan fingerprint density at radius 1 is 1.54 bits per heavy atom. The topological polar surface area (TPSA) is 38.9 Å². The quantitative estimate of drug-likeness (QED) is 0.731. The third kappa shape index (κ3) is 2.17. The normalized spacial score (nSPS) is 22.4. The van der Waals surface area contributed by atoms with Crippen LogP contribution < -0.4 is 0 Å². The number of aryl methyl sites for hydroxylation is 1. The maximum Gasteiger partial charge on any atom is 0.229 e. The second kappa shape index (κ2) is 4.33. The zero-order chi connectivity index (χ0) is 9.10. The number of rotatable bonds is 3. The molecule has 1 aromatic heterocycles. The fraction of sp³-hybridized carbons (Fsp3) is 0.750. The summed E-state index contributed by atoms with van der Waals surface area (Å²) >= 11 is 7.47. The van der Waals surface area contributed by atoms with Gasteiger partial charge in [-0.2, -0.15) is 0 Å². The lowest BCUT2D eigenvalue weighted by Gasteiger charge is -1.99. The van der Waals surface area contributed by atoms with Crippen molar-refractivity contribution in [1.29, 1.82) is 0 Å². The maximum absolute atomic E-state index is 5.57. The third-order valence-corrected chi connectivity index (χ3v) is 3.55. The van der Waals surface area contributed by atoms with E-state index in [9.17, 15) is 0 Å². The number of hydrogen-bond donors (Lipinski definition) is 0. The van der Waals surface area contributed by atoms with Crippen LogP contribution in [0.4, 0.5) is 0 Å². The molecule has 1 aliphatic heterocycles. The van der Waals surface area contributed by atoms with Crippen LogP contribution in [0.2, 0.25) is 0 Å². The highest BCUT2D eigenvalue weighted by atomic mass is 35.5. The molecule has 2 heterocycles. The first-order valence-corrected chi connectivity index (χ1v) is 5.98. The molecule has 0 spiro atoms. The molecular weight excluding hydrogens is 208 g/mol. The monoisotopic (exact) mass is 218 g/mol. The Hall–Kier alpha value is -0.220. The van der Waals surface area contributed by atoms with E-state index >= 15 is 0 Å². The predicted octanol–water partition coefficient (Wildman–Crippen LogP) is 2.42. The van der Waals surface area contributed by atoms with E-state index in [-0.39, 0.29) is 0 Å². The molecule has 0 radical (unpaired) electrons. The molecule has 0 bridgehead atoms. The number of nitrogens with zero attached hydrogens (tertiary/aromatic N) is 2. The summed E-state index contributed by atoms with van der Waals surface area (Å²) in [6.07, 6.45) is 3.08. The molecule has 3 nitrogen and oxygen atoms in total. The second-order valence-electron chi connectivity index (χ2n) is 2.97. The predicted molar refractivity (Wildman–Crippen MR) is 53.2 cm³/mol. The molecule has 0 aliphatic carbocycles. The van der Waals surface area contributed by atoms with Crippen molar-refractivity contribution in [3.8, 4) is 0 Å². The average molecular weight is 219 g/mol. The molecule has 1 saturated heterocycles. The molecule has 0 amide bonds. The van der Waals surface area contributed by atoms with Gasteiger partial charge < -0.3 is 4.42 Å². The zero-order valence-corrected chi connectivity index (χ0v) is 8.77. The molecular formula is C8H11ClN2OS. The number of aromatic nitrogens is 2. The van der Waals surface area contributed by atoms with E-state index in [2.05, 4.69) is 10.2 Å². The van der Waals surface area contributed by atoms with Crippen LogP contribution >= 0.6 is 23.4 Å². The highest BCUT2D eigenvalue weighted by molar-refractivity contribution is 7.99. The fourth-order valence-corrected chi connectivity index (χ4v) is 2.70. The van der Waals surface area contributed by atoms with Crippen molar-refractivity contribution >= 4 is 23.4 Å². The maximum atomic E-state index is 5.57.